The molecule has 0 spiro atoms. The number of benzene rings is 1. The Labute approximate surface area is 148 Å². The van der Waals surface area contributed by atoms with Crippen LogP contribution in [-0.4, -0.2) is 48.3 Å². The zero-order valence-corrected chi connectivity index (χ0v) is 14.9. The van der Waals surface area contributed by atoms with Crippen LogP contribution in [0.2, 0.25) is 0 Å². The Kier molecular flexibility index (Phi) is 6.27. The van der Waals surface area contributed by atoms with Crippen molar-refractivity contribution in [2.75, 3.05) is 14.2 Å². The molecule has 1 aromatic rings. The van der Waals surface area contributed by atoms with Crippen molar-refractivity contribution >= 4 is 23.6 Å². The van der Waals surface area contributed by atoms with E-state index < -0.39 is 51.2 Å². The molecule has 0 saturated carbocycles. The molecule has 0 heterocycles. The van der Waals surface area contributed by atoms with Crippen LogP contribution in [0.25, 0.3) is 0 Å². The second-order valence-corrected chi connectivity index (χ2v) is 6.31. The lowest BCUT2D eigenvalue weighted by Crippen LogP contribution is -2.39. The molecule has 1 N–H and O–H groups in total. The van der Waals surface area contributed by atoms with E-state index in [0.29, 0.717) is 0 Å². The zero-order chi connectivity index (χ0) is 20.2. The van der Waals surface area contributed by atoms with Gasteiger partial charge in [0.2, 0.25) is 0 Å². The van der Waals surface area contributed by atoms with Gasteiger partial charge in [-0.15, -0.1) is 0 Å². The van der Waals surface area contributed by atoms with E-state index in [1.807, 2.05) is 0 Å². The summed E-state index contributed by atoms with van der Waals surface area (Å²) in [5.74, 6) is -3.68. The molecule has 142 valence electrons. The van der Waals surface area contributed by atoms with Gasteiger partial charge in [0.25, 0.3) is 5.69 Å². The number of esters is 2. The van der Waals surface area contributed by atoms with Crippen molar-refractivity contribution in [2.45, 2.75) is 26.9 Å². The first-order chi connectivity index (χ1) is 11.9. The standard InChI is InChI=1S/C16H19NO9/c1-16(2,3)12(13(18)19)26-8-6-9(14(20)24-4)11(17(22)23)10(7-8)15(21)25-5/h6-7,12H,1-5H3,(H,18,19). The average Bonchev–Trinajstić information content (AvgIpc) is 2.55. The molecule has 1 aromatic carbocycles. The number of carboxylic acid groups (broad SMARTS) is 1. The van der Waals surface area contributed by atoms with Gasteiger partial charge in [0, 0.05) is 17.5 Å². The summed E-state index contributed by atoms with van der Waals surface area (Å²) in [5, 5.41) is 20.7. The van der Waals surface area contributed by atoms with Crippen molar-refractivity contribution < 1.29 is 38.6 Å². The molecule has 0 aliphatic carbocycles. The summed E-state index contributed by atoms with van der Waals surface area (Å²) < 4.78 is 14.4. The number of rotatable bonds is 6. The van der Waals surface area contributed by atoms with Gasteiger partial charge < -0.3 is 19.3 Å². The van der Waals surface area contributed by atoms with Crippen LogP contribution in [0.3, 0.4) is 0 Å². The highest BCUT2D eigenvalue weighted by Gasteiger charge is 2.36. The van der Waals surface area contributed by atoms with Gasteiger partial charge in [-0.05, 0) is 0 Å². The van der Waals surface area contributed by atoms with Crippen LogP contribution in [0.4, 0.5) is 5.69 Å². The highest BCUT2D eigenvalue weighted by Crippen LogP contribution is 2.33. The summed E-state index contributed by atoms with van der Waals surface area (Å²) in [6.07, 6.45) is -1.35. The second kappa shape index (κ2) is 7.81. The Balaban J connectivity index is 3.65. The molecule has 1 atom stereocenters. The van der Waals surface area contributed by atoms with E-state index in [1.54, 1.807) is 20.8 Å². The minimum Gasteiger partial charge on any atom is -0.478 e. The number of hydrogen-bond donors (Lipinski definition) is 1. The smallest absolute Gasteiger partial charge is 0.345 e. The lowest BCUT2D eigenvalue weighted by molar-refractivity contribution is -0.385. The first-order valence-corrected chi connectivity index (χ1v) is 7.32. The van der Waals surface area contributed by atoms with Crippen LogP contribution in [-0.2, 0) is 14.3 Å². The Morgan fingerprint density at radius 3 is 1.77 bits per heavy atom. The average molecular weight is 369 g/mol. The third-order valence-electron chi connectivity index (χ3n) is 3.34. The van der Waals surface area contributed by atoms with Gasteiger partial charge in [0.05, 0.1) is 19.1 Å². The lowest BCUT2D eigenvalue weighted by Gasteiger charge is -2.27. The Morgan fingerprint density at radius 1 is 1.08 bits per heavy atom. The fourth-order valence-electron chi connectivity index (χ4n) is 2.14. The van der Waals surface area contributed by atoms with E-state index in [-0.39, 0.29) is 5.75 Å². The van der Waals surface area contributed by atoms with Crippen LogP contribution in [0.15, 0.2) is 12.1 Å². The number of nitrogens with zero attached hydrogens (tertiary/aromatic N) is 1. The monoisotopic (exact) mass is 369 g/mol. The van der Waals surface area contributed by atoms with Crippen molar-refractivity contribution in [1.82, 2.24) is 0 Å². The third kappa shape index (κ3) is 4.47. The van der Waals surface area contributed by atoms with E-state index >= 15 is 0 Å². The van der Waals surface area contributed by atoms with Crippen LogP contribution >= 0.6 is 0 Å². The van der Waals surface area contributed by atoms with Crippen LogP contribution in [0.1, 0.15) is 41.5 Å². The number of nitro groups is 1. The van der Waals surface area contributed by atoms with Crippen LogP contribution in [0.5, 0.6) is 5.75 Å². The van der Waals surface area contributed by atoms with Gasteiger partial charge >= 0.3 is 17.9 Å². The Morgan fingerprint density at radius 2 is 1.50 bits per heavy atom. The summed E-state index contributed by atoms with van der Waals surface area (Å²) >= 11 is 0. The molecule has 10 heteroatoms. The van der Waals surface area contributed by atoms with Gasteiger partial charge in [-0.1, -0.05) is 20.8 Å². The van der Waals surface area contributed by atoms with Crippen LogP contribution in [0, 0.1) is 15.5 Å². The number of hydrogen-bond acceptors (Lipinski definition) is 8. The summed E-state index contributed by atoms with van der Waals surface area (Å²) in [6, 6.07) is 1.91. The summed E-state index contributed by atoms with van der Waals surface area (Å²) in [4.78, 5) is 45.7. The number of carbonyl (C=O) groups excluding carboxylic acids is 2. The van der Waals surface area contributed by atoms with Gasteiger partial charge in [-0.25, -0.2) is 14.4 Å². The molecule has 0 aliphatic rings. The summed E-state index contributed by atoms with van der Waals surface area (Å²) in [7, 11) is 2.01. The molecule has 0 bridgehead atoms. The maximum absolute atomic E-state index is 11.9. The molecule has 1 unspecified atom stereocenters. The number of ether oxygens (including phenoxy) is 3. The SMILES string of the molecule is COC(=O)c1cc(OC(C(=O)O)C(C)(C)C)cc(C(=O)OC)c1[N+](=O)[O-]. The largest absolute Gasteiger partial charge is 0.478 e. The molecule has 26 heavy (non-hydrogen) atoms. The molecule has 1 rings (SSSR count). The maximum Gasteiger partial charge on any atom is 0.345 e. The van der Waals surface area contributed by atoms with Gasteiger partial charge in [-0.3, -0.25) is 10.1 Å². The molecule has 0 saturated heterocycles. The van der Waals surface area contributed by atoms with E-state index in [2.05, 4.69) is 9.47 Å². The predicted octanol–water partition coefficient (Wildman–Crippen LogP) is 2.05. The first kappa shape index (κ1) is 20.9. The minimum atomic E-state index is -1.35. The van der Waals surface area contributed by atoms with E-state index in [9.17, 15) is 29.6 Å². The van der Waals surface area contributed by atoms with Gasteiger partial charge in [-0.2, -0.15) is 0 Å². The van der Waals surface area contributed by atoms with E-state index in [4.69, 9.17) is 4.74 Å². The topological polar surface area (TPSA) is 142 Å². The molecule has 0 aromatic heterocycles. The van der Waals surface area contributed by atoms with Crippen LogP contribution < -0.4 is 4.74 Å². The number of carbonyl (C=O) groups is 3. The molecular formula is C16H19NO9. The highest BCUT2D eigenvalue weighted by atomic mass is 16.6. The van der Waals surface area contributed by atoms with Gasteiger partial charge in [0.15, 0.2) is 6.10 Å². The molecule has 0 radical (unpaired) electrons. The molecule has 0 amide bonds. The quantitative estimate of drug-likeness (QED) is 0.452. The van der Waals surface area contributed by atoms with Crippen molar-refractivity contribution in [1.29, 1.82) is 0 Å². The van der Waals surface area contributed by atoms with Crippen molar-refractivity contribution in [3.8, 4) is 5.75 Å². The highest BCUT2D eigenvalue weighted by molar-refractivity contribution is 6.02. The number of nitro benzene ring substituents is 1. The molecule has 10 nitrogen and oxygen atoms in total. The third-order valence-corrected chi connectivity index (χ3v) is 3.34. The second-order valence-electron chi connectivity index (χ2n) is 6.31. The van der Waals surface area contributed by atoms with E-state index in [1.165, 1.54) is 0 Å². The van der Waals surface area contributed by atoms with E-state index in [0.717, 1.165) is 26.4 Å². The first-order valence-electron chi connectivity index (χ1n) is 7.32. The lowest BCUT2D eigenvalue weighted by atomic mass is 9.89. The molecule has 0 fully saturated rings. The maximum atomic E-state index is 11.9. The Hall–Kier alpha value is -3.17. The summed E-state index contributed by atoms with van der Waals surface area (Å²) in [6.45, 7) is 4.83. The minimum absolute atomic E-state index is 0.223. The predicted molar refractivity (Wildman–Crippen MR) is 87.3 cm³/mol. The van der Waals surface area contributed by atoms with Gasteiger partial charge in [0.1, 0.15) is 16.9 Å². The van der Waals surface area contributed by atoms with Crippen molar-refractivity contribution in [3.05, 3.63) is 33.4 Å². The summed E-state index contributed by atoms with van der Waals surface area (Å²) in [5.41, 5.74) is -2.79. The molecular weight excluding hydrogens is 350 g/mol. The van der Waals surface area contributed by atoms with Crippen molar-refractivity contribution in [2.24, 2.45) is 5.41 Å². The number of aliphatic carboxylic acids is 1. The number of carboxylic acids is 1. The van der Waals surface area contributed by atoms with Crippen molar-refractivity contribution in [3.63, 3.8) is 0 Å². The number of methoxy groups -OCH3 is 2. The Bertz CT molecular complexity index is 712. The normalized spacial score (nSPS) is 12.0. The zero-order valence-electron chi connectivity index (χ0n) is 14.9. The fraction of sp³-hybridized carbons (Fsp3) is 0.438. The molecule has 0 aliphatic heterocycles. The fourth-order valence-corrected chi connectivity index (χ4v) is 2.14.